The molecule has 0 aliphatic rings. The Bertz CT molecular complexity index is 280. The lowest BCUT2D eigenvalue weighted by Gasteiger charge is -2.06. The van der Waals surface area contributed by atoms with Crippen LogP contribution in [0.15, 0.2) is 24.2 Å². The minimum atomic E-state index is 0.0850. The fourth-order valence-corrected chi connectivity index (χ4v) is 0.971. The second-order valence-electron chi connectivity index (χ2n) is 3.17. The smallest absolute Gasteiger partial charge is 0.115 e. The second kappa shape index (κ2) is 4.72. The lowest BCUT2D eigenvalue weighted by molar-refractivity contribution is 0.320. The summed E-state index contributed by atoms with van der Waals surface area (Å²) in [5, 5.41) is 9.05. The first kappa shape index (κ1) is 9.86. The van der Waals surface area contributed by atoms with Crippen molar-refractivity contribution in [3.05, 3.63) is 29.9 Å². The van der Waals surface area contributed by atoms with Crippen LogP contribution in [-0.2, 0) is 0 Å². The van der Waals surface area contributed by atoms with Crippen LogP contribution in [0.3, 0.4) is 0 Å². The summed E-state index contributed by atoms with van der Waals surface area (Å²) < 4.78 is 0. The highest BCUT2D eigenvalue weighted by Gasteiger charge is 2.01. The molecule has 0 bridgehead atoms. The van der Waals surface area contributed by atoms with E-state index < -0.39 is 0 Å². The van der Waals surface area contributed by atoms with Gasteiger partial charge in [-0.05, 0) is 23.6 Å². The zero-order chi connectivity index (χ0) is 9.68. The summed E-state index contributed by atoms with van der Waals surface area (Å²) >= 11 is 0. The van der Waals surface area contributed by atoms with E-state index in [0.717, 1.165) is 11.3 Å². The first-order chi connectivity index (χ1) is 6.24. The molecule has 1 aromatic heterocycles. The molecule has 3 nitrogen and oxygen atoms in total. The summed E-state index contributed by atoms with van der Waals surface area (Å²) in [6.45, 7) is 4.17. The topological polar surface area (TPSA) is 46.0 Å². The van der Waals surface area contributed by atoms with Gasteiger partial charge in [-0.3, -0.25) is 0 Å². The third kappa shape index (κ3) is 2.95. The van der Waals surface area contributed by atoms with Gasteiger partial charge in [0.1, 0.15) is 6.33 Å². The van der Waals surface area contributed by atoms with Crippen LogP contribution in [0.1, 0.15) is 19.5 Å². The van der Waals surface area contributed by atoms with E-state index in [2.05, 4.69) is 9.97 Å². The Morgan fingerprint density at radius 3 is 2.85 bits per heavy atom. The maximum absolute atomic E-state index is 9.05. The zero-order valence-electron chi connectivity index (χ0n) is 7.94. The minimum Gasteiger partial charge on any atom is -0.392 e. The number of aliphatic hydroxyl groups excluding tert-OH is 1. The molecule has 0 saturated carbocycles. The zero-order valence-corrected chi connectivity index (χ0v) is 7.94. The van der Waals surface area contributed by atoms with Gasteiger partial charge in [0, 0.05) is 6.20 Å². The number of nitrogens with zero attached hydrogens (tertiary/aromatic N) is 2. The van der Waals surface area contributed by atoms with Crippen LogP contribution in [0.2, 0.25) is 0 Å². The maximum atomic E-state index is 9.05. The Balaban J connectivity index is 2.85. The molecule has 0 aromatic carbocycles. The van der Waals surface area contributed by atoms with Crippen LogP contribution in [0.4, 0.5) is 0 Å². The second-order valence-corrected chi connectivity index (χ2v) is 3.17. The predicted molar refractivity (Wildman–Crippen MR) is 51.9 cm³/mol. The van der Waals surface area contributed by atoms with Crippen molar-refractivity contribution in [2.24, 2.45) is 5.92 Å². The quantitative estimate of drug-likeness (QED) is 0.763. The molecule has 0 fully saturated rings. The lowest BCUT2D eigenvalue weighted by Crippen LogP contribution is -1.99. The summed E-state index contributed by atoms with van der Waals surface area (Å²) in [5.74, 6) is 0.347. The van der Waals surface area contributed by atoms with E-state index in [9.17, 15) is 0 Å². The van der Waals surface area contributed by atoms with Gasteiger partial charge < -0.3 is 5.11 Å². The van der Waals surface area contributed by atoms with E-state index in [-0.39, 0.29) is 6.61 Å². The molecule has 1 aromatic rings. The third-order valence-corrected chi connectivity index (χ3v) is 1.86. The number of hydrogen-bond acceptors (Lipinski definition) is 3. The van der Waals surface area contributed by atoms with Crippen molar-refractivity contribution in [1.82, 2.24) is 9.97 Å². The lowest BCUT2D eigenvalue weighted by atomic mass is 10.0. The molecule has 70 valence electrons. The van der Waals surface area contributed by atoms with E-state index in [1.807, 2.05) is 26.0 Å². The molecular formula is C10H14N2O. The van der Waals surface area contributed by atoms with Gasteiger partial charge in [-0.2, -0.15) is 0 Å². The number of aromatic nitrogens is 2. The van der Waals surface area contributed by atoms with Crippen molar-refractivity contribution in [3.63, 3.8) is 0 Å². The highest BCUT2D eigenvalue weighted by Crippen LogP contribution is 2.11. The van der Waals surface area contributed by atoms with Crippen LogP contribution in [0.25, 0.3) is 6.08 Å². The minimum absolute atomic E-state index is 0.0850. The van der Waals surface area contributed by atoms with Crippen molar-refractivity contribution < 1.29 is 5.11 Å². The van der Waals surface area contributed by atoms with Gasteiger partial charge in [-0.1, -0.05) is 13.8 Å². The van der Waals surface area contributed by atoms with Gasteiger partial charge in [0.15, 0.2) is 0 Å². The molecular weight excluding hydrogens is 164 g/mol. The molecule has 1 N–H and O–H groups in total. The molecule has 1 heterocycles. The van der Waals surface area contributed by atoms with E-state index >= 15 is 0 Å². The molecule has 0 unspecified atom stereocenters. The molecule has 0 atom stereocenters. The number of rotatable bonds is 3. The molecule has 0 radical (unpaired) electrons. The molecule has 1 rings (SSSR count). The fraction of sp³-hybridized carbons (Fsp3) is 0.400. The summed E-state index contributed by atoms with van der Waals surface area (Å²) in [4.78, 5) is 7.87. The Hall–Kier alpha value is -1.22. The third-order valence-electron chi connectivity index (χ3n) is 1.86. The van der Waals surface area contributed by atoms with Gasteiger partial charge in [-0.25, -0.2) is 9.97 Å². The van der Waals surface area contributed by atoms with Gasteiger partial charge >= 0.3 is 0 Å². The average Bonchev–Trinajstić information content (AvgIpc) is 2.15. The average molecular weight is 178 g/mol. The van der Waals surface area contributed by atoms with E-state index in [1.165, 1.54) is 6.33 Å². The predicted octanol–water partition coefficient (Wildman–Crippen LogP) is 1.51. The Labute approximate surface area is 78.2 Å². The standard InChI is InChI=1S/C10H14N2O/c1-8(2)9(6-13)5-10-3-4-11-7-12-10/h3-5,7-8,13H,6H2,1-2H3. The number of aliphatic hydroxyl groups is 1. The van der Waals surface area contributed by atoms with Gasteiger partial charge in [0.05, 0.1) is 12.3 Å². The summed E-state index contributed by atoms with van der Waals surface area (Å²) in [5.41, 5.74) is 1.83. The largest absolute Gasteiger partial charge is 0.392 e. The van der Waals surface area contributed by atoms with E-state index in [1.54, 1.807) is 6.20 Å². The highest BCUT2D eigenvalue weighted by molar-refractivity contribution is 5.48. The van der Waals surface area contributed by atoms with E-state index in [4.69, 9.17) is 5.11 Å². The first-order valence-corrected chi connectivity index (χ1v) is 4.31. The normalized spacial score (nSPS) is 12.2. The summed E-state index contributed by atoms with van der Waals surface area (Å²) in [6.07, 6.45) is 5.08. The van der Waals surface area contributed by atoms with E-state index in [0.29, 0.717) is 5.92 Å². The van der Waals surface area contributed by atoms with Crippen LogP contribution >= 0.6 is 0 Å². The SMILES string of the molecule is CC(C)C(=Cc1ccncn1)CO. The van der Waals surface area contributed by atoms with Crippen LogP contribution in [0.5, 0.6) is 0 Å². The molecule has 0 aliphatic carbocycles. The maximum Gasteiger partial charge on any atom is 0.115 e. The number of hydrogen-bond donors (Lipinski definition) is 1. The Kier molecular flexibility index (Phi) is 3.58. The van der Waals surface area contributed by atoms with Gasteiger partial charge in [0.25, 0.3) is 0 Å². The summed E-state index contributed by atoms with van der Waals surface area (Å²) in [7, 11) is 0. The molecule has 0 amide bonds. The Morgan fingerprint density at radius 1 is 1.62 bits per heavy atom. The van der Waals surface area contributed by atoms with Crippen LogP contribution in [0, 0.1) is 5.92 Å². The van der Waals surface area contributed by atoms with Gasteiger partial charge in [-0.15, -0.1) is 0 Å². The highest BCUT2D eigenvalue weighted by atomic mass is 16.3. The summed E-state index contributed by atoms with van der Waals surface area (Å²) in [6, 6.07) is 1.82. The van der Waals surface area contributed by atoms with Crippen LogP contribution in [-0.4, -0.2) is 21.7 Å². The molecule has 0 aliphatic heterocycles. The van der Waals surface area contributed by atoms with Crippen molar-refractivity contribution in [1.29, 1.82) is 0 Å². The van der Waals surface area contributed by atoms with Crippen molar-refractivity contribution in [2.75, 3.05) is 6.61 Å². The first-order valence-electron chi connectivity index (χ1n) is 4.31. The molecule has 0 spiro atoms. The molecule has 0 saturated heterocycles. The van der Waals surface area contributed by atoms with Crippen molar-refractivity contribution in [2.45, 2.75) is 13.8 Å². The van der Waals surface area contributed by atoms with Gasteiger partial charge in [0.2, 0.25) is 0 Å². The van der Waals surface area contributed by atoms with Crippen molar-refractivity contribution in [3.8, 4) is 0 Å². The van der Waals surface area contributed by atoms with Crippen molar-refractivity contribution >= 4 is 6.08 Å². The molecule has 13 heavy (non-hydrogen) atoms. The van der Waals surface area contributed by atoms with Crippen LogP contribution < -0.4 is 0 Å². The Morgan fingerprint density at radius 2 is 2.38 bits per heavy atom. The monoisotopic (exact) mass is 178 g/mol. The molecule has 3 heteroatoms. The fourth-order valence-electron chi connectivity index (χ4n) is 0.971.